The van der Waals surface area contributed by atoms with E-state index in [-0.39, 0.29) is 36.4 Å². The summed E-state index contributed by atoms with van der Waals surface area (Å²) in [7, 11) is 3.52. The second-order valence-corrected chi connectivity index (χ2v) is 7.36. The lowest BCUT2D eigenvalue weighted by Gasteiger charge is -2.36. The molecular weight excluding hydrogens is 477 g/mol. The third-order valence-electron chi connectivity index (χ3n) is 5.14. The Bertz CT molecular complexity index is 826. The highest BCUT2D eigenvalue weighted by molar-refractivity contribution is 14.0. The van der Waals surface area contributed by atoms with Crippen molar-refractivity contribution in [1.29, 1.82) is 0 Å². The van der Waals surface area contributed by atoms with Gasteiger partial charge in [0.25, 0.3) is 0 Å². The Morgan fingerprint density at radius 3 is 2.45 bits per heavy atom. The minimum absolute atomic E-state index is 0. The van der Waals surface area contributed by atoms with Crippen molar-refractivity contribution < 1.29 is 4.79 Å². The monoisotopic (exact) mass is 509 g/mol. The van der Waals surface area contributed by atoms with Crippen LogP contribution in [0.5, 0.6) is 0 Å². The average molecular weight is 509 g/mol. The third-order valence-corrected chi connectivity index (χ3v) is 5.14. The molecule has 2 aromatic rings. The molecule has 7 heteroatoms. The fourth-order valence-electron chi connectivity index (χ4n) is 3.50. The van der Waals surface area contributed by atoms with Crippen molar-refractivity contribution in [2.24, 2.45) is 4.99 Å². The lowest BCUT2D eigenvalue weighted by Crippen LogP contribution is -2.52. The molecule has 0 atom stereocenters. The van der Waals surface area contributed by atoms with E-state index in [9.17, 15) is 4.79 Å². The van der Waals surface area contributed by atoms with Crippen molar-refractivity contribution in [1.82, 2.24) is 20.0 Å². The van der Waals surface area contributed by atoms with Gasteiger partial charge in [0.1, 0.15) is 6.54 Å². The molecular formula is C22H32IN5O. The molecule has 0 saturated carbocycles. The Kier molecular flexibility index (Phi) is 9.16. The van der Waals surface area contributed by atoms with Crippen LogP contribution < -0.4 is 5.32 Å². The second-order valence-electron chi connectivity index (χ2n) is 7.36. The maximum Gasteiger partial charge on any atom is 0.243 e. The van der Waals surface area contributed by atoms with Crippen molar-refractivity contribution >= 4 is 46.6 Å². The zero-order valence-electron chi connectivity index (χ0n) is 17.6. The number of aliphatic imine (C=N–C) groups is 1. The number of carbonyl (C=O) groups is 1. The van der Waals surface area contributed by atoms with Crippen LogP contribution in [0.3, 0.4) is 0 Å². The summed E-state index contributed by atoms with van der Waals surface area (Å²) in [5, 5.41) is 5.96. The SMILES string of the molecule is CCNC(=NCC(=O)N(C)C)N1CCN(Cc2cccc3ccccc23)CC1.I. The zero-order valence-corrected chi connectivity index (χ0v) is 19.9. The van der Waals surface area contributed by atoms with Gasteiger partial charge in [-0.05, 0) is 23.3 Å². The number of likely N-dealkylation sites (N-methyl/N-ethyl adjacent to an activating group) is 1. The van der Waals surface area contributed by atoms with Crippen molar-refractivity contribution in [3.8, 4) is 0 Å². The first-order valence-corrected chi connectivity index (χ1v) is 10.0. The van der Waals surface area contributed by atoms with E-state index in [2.05, 4.69) is 69.5 Å². The van der Waals surface area contributed by atoms with Gasteiger partial charge in [0.2, 0.25) is 5.91 Å². The highest BCUT2D eigenvalue weighted by Crippen LogP contribution is 2.20. The predicted molar refractivity (Wildman–Crippen MR) is 131 cm³/mol. The van der Waals surface area contributed by atoms with Crippen molar-refractivity contribution in [3.05, 3.63) is 48.0 Å². The summed E-state index contributed by atoms with van der Waals surface area (Å²) in [4.78, 5) is 22.7. The largest absolute Gasteiger partial charge is 0.357 e. The van der Waals surface area contributed by atoms with Gasteiger partial charge in [-0.1, -0.05) is 42.5 Å². The van der Waals surface area contributed by atoms with E-state index < -0.39 is 0 Å². The van der Waals surface area contributed by atoms with Gasteiger partial charge in [-0.25, -0.2) is 4.99 Å². The van der Waals surface area contributed by atoms with Gasteiger partial charge in [0, 0.05) is 53.4 Å². The Morgan fingerprint density at radius 1 is 1.07 bits per heavy atom. The van der Waals surface area contributed by atoms with E-state index in [0.29, 0.717) is 0 Å². The highest BCUT2D eigenvalue weighted by atomic mass is 127. The van der Waals surface area contributed by atoms with Crippen molar-refractivity contribution in [2.45, 2.75) is 13.5 Å². The molecule has 158 valence electrons. The summed E-state index contributed by atoms with van der Waals surface area (Å²) >= 11 is 0. The lowest BCUT2D eigenvalue weighted by molar-refractivity contribution is -0.127. The van der Waals surface area contributed by atoms with E-state index in [1.807, 2.05) is 0 Å². The van der Waals surface area contributed by atoms with Crippen LogP contribution in [0.15, 0.2) is 47.5 Å². The lowest BCUT2D eigenvalue weighted by atomic mass is 10.0. The molecule has 1 saturated heterocycles. The van der Waals surface area contributed by atoms with Crippen molar-refractivity contribution in [2.75, 3.05) is 53.4 Å². The van der Waals surface area contributed by atoms with E-state index in [1.54, 1.807) is 19.0 Å². The van der Waals surface area contributed by atoms with Gasteiger partial charge in [-0.2, -0.15) is 0 Å². The molecule has 1 aliphatic rings. The van der Waals surface area contributed by atoms with Crippen LogP contribution in [0.1, 0.15) is 12.5 Å². The molecule has 0 aromatic heterocycles. The number of hydrogen-bond donors (Lipinski definition) is 1. The van der Waals surface area contributed by atoms with Gasteiger partial charge in [-0.15, -0.1) is 24.0 Å². The number of piperazine rings is 1. The average Bonchev–Trinajstić information content (AvgIpc) is 2.72. The Hall–Kier alpha value is -1.87. The zero-order chi connectivity index (χ0) is 19.9. The molecule has 1 heterocycles. The number of benzene rings is 2. The van der Waals surface area contributed by atoms with Crippen LogP contribution in [-0.2, 0) is 11.3 Å². The Balaban J connectivity index is 0.00000300. The first kappa shape index (κ1) is 23.4. The van der Waals surface area contributed by atoms with Crippen LogP contribution in [0.25, 0.3) is 10.8 Å². The topological polar surface area (TPSA) is 51.2 Å². The molecule has 1 N–H and O–H groups in total. The van der Waals surface area contributed by atoms with E-state index in [0.717, 1.165) is 45.2 Å². The first-order valence-electron chi connectivity index (χ1n) is 10.0. The minimum Gasteiger partial charge on any atom is -0.357 e. The van der Waals surface area contributed by atoms with E-state index >= 15 is 0 Å². The number of nitrogens with zero attached hydrogens (tertiary/aromatic N) is 4. The molecule has 6 nitrogen and oxygen atoms in total. The van der Waals surface area contributed by atoms with E-state index in [1.165, 1.54) is 16.3 Å². The first-order chi connectivity index (χ1) is 13.6. The highest BCUT2D eigenvalue weighted by Gasteiger charge is 2.20. The van der Waals surface area contributed by atoms with Crippen LogP contribution in [0.4, 0.5) is 0 Å². The van der Waals surface area contributed by atoms with Crippen molar-refractivity contribution in [3.63, 3.8) is 0 Å². The van der Waals surface area contributed by atoms with Gasteiger partial charge >= 0.3 is 0 Å². The quantitative estimate of drug-likeness (QED) is 0.383. The second kappa shape index (κ2) is 11.3. The van der Waals surface area contributed by atoms with E-state index in [4.69, 9.17) is 0 Å². The molecule has 0 spiro atoms. The number of carbonyl (C=O) groups excluding carboxylic acids is 1. The standard InChI is InChI=1S/C22H31N5O.HI/c1-4-23-22(24-16-21(28)25(2)3)27-14-12-26(13-15-27)17-19-10-7-9-18-8-5-6-11-20(18)19;/h5-11H,4,12-17H2,1-3H3,(H,23,24);1H. The van der Waals surface area contributed by atoms with Gasteiger partial charge in [0.05, 0.1) is 0 Å². The maximum absolute atomic E-state index is 11.9. The number of amides is 1. The number of rotatable bonds is 5. The molecule has 2 aromatic carbocycles. The van der Waals surface area contributed by atoms with Gasteiger partial charge in [-0.3, -0.25) is 9.69 Å². The Morgan fingerprint density at radius 2 is 1.76 bits per heavy atom. The number of fused-ring (bicyclic) bond motifs is 1. The fourth-order valence-corrected chi connectivity index (χ4v) is 3.50. The van der Waals surface area contributed by atoms with Gasteiger partial charge in [0.15, 0.2) is 5.96 Å². The summed E-state index contributed by atoms with van der Waals surface area (Å²) in [6, 6.07) is 15.1. The normalized spacial score (nSPS) is 15.1. The molecule has 1 amide bonds. The predicted octanol–water partition coefficient (Wildman–Crippen LogP) is 2.63. The molecule has 0 unspecified atom stereocenters. The summed E-state index contributed by atoms with van der Waals surface area (Å²) in [5.41, 5.74) is 1.38. The van der Waals surface area contributed by atoms with Gasteiger partial charge < -0.3 is 15.1 Å². The fraction of sp³-hybridized carbons (Fsp3) is 0.455. The maximum atomic E-state index is 11.9. The summed E-state index contributed by atoms with van der Waals surface area (Å²) in [6.45, 7) is 7.78. The number of guanidine groups is 1. The van der Waals surface area contributed by atoms with Crippen LogP contribution in [-0.4, -0.2) is 79.9 Å². The van der Waals surface area contributed by atoms with Crippen LogP contribution in [0, 0.1) is 0 Å². The molecule has 1 aliphatic heterocycles. The van der Waals surface area contributed by atoms with Crippen LogP contribution >= 0.6 is 24.0 Å². The van der Waals surface area contributed by atoms with Crippen LogP contribution in [0.2, 0.25) is 0 Å². The molecule has 0 bridgehead atoms. The minimum atomic E-state index is 0. The summed E-state index contributed by atoms with van der Waals surface area (Å²) in [6.07, 6.45) is 0. The number of halogens is 1. The molecule has 1 fully saturated rings. The molecule has 3 rings (SSSR count). The number of hydrogen-bond acceptors (Lipinski definition) is 3. The number of nitrogens with one attached hydrogen (secondary N) is 1. The molecule has 0 aliphatic carbocycles. The molecule has 0 radical (unpaired) electrons. The summed E-state index contributed by atoms with van der Waals surface area (Å²) in [5.74, 6) is 0.854. The third kappa shape index (κ3) is 6.30. The molecule has 29 heavy (non-hydrogen) atoms. The smallest absolute Gasteiger partial charge is 0.243 e. The Labute approximate surface area is 191 Å². The summed E-state index contributed by atoms with van der Waals surface area (Å²) < 4.78 is 0.